The van der Waals surface area contributed by atoms with Gasteiger partial charge in [0.15, 0.2) is 0 Å². The van der Waals surface area contributed by atoms with Crippen LogP contribution in [0, 0.1) is 13.8 Å². The van der Waals surface area contributed by atoms with Crippen molar-refractivity contribution in [3.05, 3.63) is 101 Å². The lowest BCUT2D eigenvalue weighted by atomic mass is 9.97. The topological polar surface area (TPSA) is 35.2 Å². The molecule has 2 aliphatic rings. The van der Waals surface area contributed by atoms with E-state index < -0.39 is 0 Å². The van der Waals surface area contributed by atoms with Gasteiger partial charge in [0.25, 0.3) is 0 Å². The average Bonchev–Trinajstić information content (AvgIpc) is 3.03. The van der Waals surface area contributed by atoms with Crippen LogP contribution in [0.15, 0.2) is 67.5 Å². The summed E-state index contributed by atoms with van der Waals surface area (Å²) in [6, 6.07) is 17.6. The van der Waals surface area contributed by atoms with E-state index in [1.807, 2.05) is 12.4 Å². The molecule has 1 unspecified atom stereocenters. The smallest absolute Gasteiger partial charge is 0.0776 e. The van der Waals surface area contributed by atoms with Crippen molar-refractivity contribution in [1.82, 2.24) is 20.0 Å². The summed E-state index contributed by atoms with van der Waals surface area (Å²) < 4.78 is 0. The quantitative estimate of drug-likeness (QED) is 0.637. The lowest BCUT2D eigenvalue weighted by molar-refractivity contribution is 0.230. The third-order valence-electron chi connectivity index (χ3n) is 6.65. The molecule has 5 rings (SSSR count). The van der Waals surface area contributed by atoms with Crippen LogP contribution >= 0.6 is 0 Å². The summed E-state index contributed by atoms with van der Waals surface area (Å²) in [5, 5.41) is 7.65. The summed E-state index contributed by atoms with van der Waals surface area (Å²) >= 11 is 0. The predicted molar refractivity (Wildman–Crippen MR) is 128 cm³/mol. The first kappa shape index (κ1) is 21.4. The molecular formula is C27H34N4. The van der Waals surface area contributed by atoms with Crippen LogP contribution < -0.4 is 0 Å². The second kappa shape index (κ2) is 9.97. The van der Waals surface area contributed by atoms with Crippen LogP contribution in [-0.4, -0.2) is 46.2 Å². The summed E-state index contributed by atoms with van der Waals surface area (Å²) in [6.45, 7) is 12.5. The van der Waals surface area contributed by atoms with E-state index in [-0.39, 0.29) is 0 Å². The molecule has 4 nitrogen and oxygen atoms in total. The molecular weight excluding hydrogens is 380 g/mol. The van der Waals surface area contributed by atoms with Crippen molar-refractivity contribution in [1.29, 1.82) is 0 Å². The second-order valence-corrected chi connectivity index (χ2v) is 8.60. The minimum Gasteiger partial charge on any atom is -0.377 e. The average molecular weight is 415 g/mol. The molecule has 31 heavy (non-hydrogen) atoms. The van der Waals surface area contributed by atoms with Gasteiger partial charge >= 0.3 is 0 Å². The number of aromatic nitrogens is 2. The Morgan fingerprint density at radius 3 is 2.35 bits per heavy atom. The molecule has 1 N–H and O–H groups in total. The van der Waals surface area contributed by atoms with Crippen molar-refractivity contribution in [3.63, 3.8) is 0 Å². The SMILES string of the molecule is C=CN1CCCN(C2c3ccccc3CCc3cn[nH]c32)CC1.Cc1ccccc1C. The van der Waals surface area contributed by atoms with Crippen LogP contribution in [0.5, 0.6) is 0 Å². The number of hydrogen-bond acceptors (Lipinski definition) is 3. The van der Waals surface area contributed by atoms with Crippen LogP contribution in [0.4, 0.5) is 0 Å². The Hall–Kier alpha value is -2.85. The molecule has 3 aromatic rings. The van der Waals surface area contributed by atoms with Crippen LogP contribution in [-0.2, 0) is 12.8 Å². The van der Waals surface area contributed by atoms with Gasteiger partial charge < -0.3 is 4.90 Å². The van der Waals surface area contributed by atoms with Gasteiger partial charge in [-0.3, -0.25) is 10.00 Å². The Morgan fingerprint density at radius 2 is 1.61 bits per heavy atom. The van der Waals surface area contributed by atoms with Gasteiger partial charge in [-0.25, -0.2) is 0 Å². The molecule has 0 saturated carbocycles. The molecule has 0 amide bonds. The monoisotopic (exact) mass is 414 g/mol. The van der Waals surface area contributed by atoms with E-state index in [2.05, 4.69) is 89.0 Å². The van der Waals surface area contributed by atoms with E-state index in [1.54, 1.807) is 0 Å². The van der Waals surface area contributed by atoms with Gasteiger partial charge in [-0.1, -0.05) is 55.1 Å². The Labute approximate surface area is 186 Å². The van der Waals surface area contributed by atoms with E-state index in [0.717, 1.165) is 39.0 Å². The van der Waals surface area contributed by atoms with E-state index in [0.29, 0.717) is 6.04 Å². The Kier molecular flexibility index (Phi) is 6.88. The van der Waals surface area contributed by atoms with E-state index >= 15 is 0 Å². The van der Waals surface area contributed by atoms with E-state index in [9.17, 15) is 0 Å². The Morgan fingerprint density at radius 1 is 0.903 bits per heavy atom. The molecule has 1 aliphatic heterocycles. The minimum atomic E-state index is 0.302. The third-order valence-corrected chi connectivity index (χ3v) is 6.65. The number of nitrogens with one attached hydrogen (secondary N) is 1. The minimum absolute atomic E-state index is 0.302. The lowest BCUT2D eigenvalue weighted by Crippen LogP contribution is -2.33. The summed E-state index contributed by atoms with van der Waals surface area (Å²) in [4.78, 5) is 4.95. The van der Waals surface area contributed by atoms with Gasteiger partial charge in [-0.15, -0.1) is 0 Å². The van der Waals surface area contributed by atoms with Crippen LogP contribution in [0.3, 0.4) is 0 Å². The third kappa shape index (κ3) is 4.91. The highest BCUT2D eigenvalue weighted by molar-refractivity contribution is 5.41. The molecule has 0 bridgehead atoms. The van der Waals surface area contributed by atoms with Gasteiger partial charge in [-0.2, -0.15) is 5.10 Å². The highest BCUT2D eigenvalue weighted by Gasteiger charge is 2.30. The summed E-state index contributed by atoms with van der Waals surface area (Å²) in [5.41, 5.74) is 8.33. The van der Waals surface area contributed by atoms with Crippen LogP contribution in [0.25, 0.3) is 0 Å². The van der Waals surface area contributed by atoms with Gasteiger partial charge in [0.1, 0.15) is 0 Å². The highest BCUT2D eigenvalue weighted by atomic mass is 15.2. The summed E-state index contributed by atoms with van der Waals surface area (Å²) in [5.74, 6) is 0. The van der Waals surface area contributed by atoms with Crippen molar-refractivity contribution in [3.8, 4) is 0 Å². The number of aromatic amines is 1. The first-order valence-electron chi connectivity index (χ1n) is 11.4. The van der Waals surface area contributed by atoms with E-state index in [1.165, 1.54) is 39.9 Å². The fourth-order valence-electron chi connectivity index (χ4n) is 4.65. The lowest BCUT2D eigenvalue weighted by Gasteiger charge is -2.31. The molecule has 1 aromatic heterocycles. The number of benzene rings is 2. The van der Waals surface area contributed by atoms with Crippen molar-refractivity contribution >= 4 is 0 Å². The summed E-state index contributed by atoms with van der Waals surface area (Å²) in [7, 11) is 0. The number of nitrogens with zero attached hydrogens (tertiary/aromatic N) is 3. The maximum absolute atomic E-state index is 4.34. The molecule has 1 aliphatic carbocycles. The second-order valence-electron chi connectivity index (χ2n) is 8.60. The van der Waals surface area contributed by atoms with Gasteiger partial charge in [0, 0.05) is 26.2 Å². The predicted octanol–water partition coefficient (Wildman–Crippen LogP) is 5.05. The number of H-pyrrole nitrogens is 1. The van der Waals surface area contributed by atoms with Gasteiger partial charge in [-0.05, 0) is 67.1 Å². The molecule has 1 fully saturated rings. The zero-order chi connectivity index (χ0) is 21.6. The maximum Gasteiger partial charge on any atom is 0.0776 e. The fraction of sp³-hybridized carbons (Fsp3) is 0.370. The molecule has 162 valence electrons. The Bertz CT molecular complexity index is 985. The largest absolute Gasteiger partial charge is 0.377 e. The van der Waals surface area contributed by atoms with Crippen molar-refractivity contribution in [2.75, 3.05) is 26.2 Å². The number of rotatable bonds is 2. The van der Waals surface area contributed by atoms with Crippen molar-refractivity contribution in [2.24, 2.45) is 0 Å². The van der Waals surface area contributed by atoms with Crippen LogP contribution in [0.1, 0.15) is 46.0 Å². The number of hydrogen-bond donors (Lipinski definition) is 1. The normalized spacial score (nSPS) is 18.6. The molecule has 1 saturated heterocycles. The van der Waals surface area contributed by atoms with Gasteiger partial charge in [0.2, 0.25) is 0 Å². The first-order chi connectivity index (χ1) is 15.2. The molecule has 1 atom stereocenters. The van der Waals surface area contributed by atoms with Gasteiger partial charge in [0.05, 0.1) is 17.9 Å². The van der Waals surface area contributed by atoms with Crippen molar-refractivity contribution < 1.29 is 0 Å². The van der Waals surface area contributed by atoms with E-state index in [4.69, 9.17) is 0 Å². The number of aryl methyl sites for hydroxylation is 4. The zero-order valence-electron chi connectivity index (χ0n) is 18.8. The van der Waals surface area contributed by atoms with Crippen molar-refractivity contribution in [2.45, 2.75) is 39.2 Å². The Balaban J connectivity index is 0.000000245. The first-order valence-corrected chi connectivity index (χ1v) is 11.4. The molecule has 0 spiro atoms. The highest BCUT2D eigenvalue weighted by Crippen LogP contribution is 2.35. The maximum atomic E-state index is 4.34. The molecule has 4 heteroatoms. The summed E-state index contributed by atoms with van der Waals surface area (Å²) in [6.07, 6.45) is 7.35. The number of fused-ring (bicyclic) bond motifs is 2. The standard InChI is InChI=1S/C19H24N4.C8H10/c1-2-22-10-5-11-23(13-12-22)19-17-7-4-3-6-15(17)8-9-16-14-20-21-18(16)19;1-7-5-3-4-6-8(7)2/h2-4,6-7,14,19H,1,5,8-13H2,(H,20,21);3-6H,1-2H3. The molecule has 2 aromatic carbocycles. The molecule has 2 heterocycles. The van der Waals surface area contributed by atoms with Crippen LogP contribution in [0.2, 0.25) is 0 Å². The fourth-order valence-corrected chi connectivity index (χ4v) is 4.65. The zero-order valence-corrected chi connectivity index (χ0v) is 18.8. The molecule has 0 radical (unpaired) electrons.